The number of nitrogens with one attached hydrogen (secondary N) is 1. The molecule has 1 saturated heterocycles. The second kappa shape index (κ2) is 20.0. The van der Waals surface area contributed by atoms with Crippen LogP contribution >= 0.6 is 11.3 Å². The second-order valence-electron chi connectivity index (χ2n) is 13.4. The number of likely N-dealkylation sites (N-methyl/N-ethyl adjacent to an activating group) is 1. The Morgan fingerprint density at radius 3 is 2.43 bits per heavy atom. The van der Waals surface area contributed by atoms with Crippen molar-refractivity contribution in [2.45, 2.75) is 76.3 Å². The van der Waals surface area contributed by atoms with Crippen molar-refractivity contribution < 1.29 is 40.7 Å². The van der Waals surface area contributed by atoms with E-state index in [1.54, 1.807) is 4.90 Å². The van der Waals surface area contributed by atoms with Crippen molar-refractivity contribution in [3.8, 4) is 5.75 Å². The number of rotatable bonds is 17. The molecule has 0 bridgehead atoms. The number of sulfonamides is 1. The van der Waals surface area contributed by atoms with Gasteiger partial charge in [0, 0.05) is 51.1 Å². The highest BCUT2D eigenvalue weighted by atomic mass is 32.2. The standard InChI is InChI=1S/C40H48F3N5O6S2/c1-3-5-7-11-30-14-10-15-31(17-16-30)26-44-37(49)36-27-47(24-25-48(36)56(51,52)35-20-18-34(19-21-35)54-40(41,42)43)38-45-33(29-55-38)22-23-46(4-2)39(50)53-28-32-12-8-6-9-13-32/h6,8-9,12-21,29,36H,3-5,7,10-11,22-28H2,1-2H3,(H,44,49)/t36-/m1/s1. The van der Waals surface area contributed by atoms with E-state index in [0.29, 0.717) is 31.1 Å². The van der Waals surface area contributed by atoms with Gasteiger partial charge in [0.05, 0.1) is 10.6 Å². The van der Waals surface area contributed by atoms with Gasteiger partial charge in [-0.3, -0.25) is 4.79 Å². The minimum atomic E-state index is -4.94. The SMILES string of the molecule is CCCCCC1=CCC=C(CNC(=O)[C@H]2CN(c3nc(CCN(CC)C(=O)OCc4ccccc4)cs3)CCN2S(=O)(=O)c2ccc(OC(F)(F)F)cc2)C=C1. The number of amides is 2. The normalized spacial score (nSPS) is 16.4. The smallest absolute Gasteiger partial charge is 0.445 e. The topological polar surface area (TPSA) is 121 Å². The van der Waals surface area contributed by atoms with Crippen LogP contribution in [0.1, 0.15) is 57.2 Å². The number of unbranched alkanes of at least 4 members (excludes halogenated alkanes) is 2. The fourth-order valence-corrected chi connectivity index (χ4v) is 8.77. The molecule has 2 aromatic carbocycles. The first-order valence-corrected chi connectivity index (χ1v) is 21.0. The van der Waals surface area contributed by atoms with Crippen molar-refractivity contribution in [3.63, 3.8) is 0 Å². The van der Waals surface area contributed by atoms with Gasteiger partial charge in [-0.05, 0) is 61.6 Å². The molecule has 0 saturated carbocycles. The first-order valence-electron chi connectivity index (χ1n) is 18.7. The summed E-state index contributed by atoms with van der Waals surface area (Å²) in [6, 6.07) is 12.2. The van der Waals surface area contributed by atoms with E-state index in [9.17, 15) is 31.2 Å². The Hall–Kier alpha value is -4.67. The molecule has 56 heavy (non-hydrogen) atoms. The highest BCUT2D eigenvalue weighted by Crippen LogP contribution is 2.30. The van der Waals surface area contributed by atoms with E-state index < -0.39 is 40.2 Å². The van der Waals surface area contributed by atoms with Crippen LogP contribution in [0, 0.1) is 0 Å². The molecule has 2 heterocycles. The summed E-state index contributed by atoms with van der Waals surface area (Å²) in [7, 11) is -4.33. The highest BCUT2D eigenvalue weighted by molar-refractivity contribution is 7.89. The minimum Gasteiger partial charge on any atom is -0.445 e. The van der Waals surface area contributed by atoms with Crippen molar-refractivity contribution in [3.05, 3.63) is 107 Å². The number of benzene rings is 2. The summed E-state index contributed by atoms with van der Waals surface area (Å²) in [6.45, 7) is 5.30. The van der Waals surface area contributed by atoms with E-state index in [1.807, 2.05) is 59.7 Å². The number of carbonyl (C=O) groups excluding carboxylic acids is 2. The predicted octanol–water partition coefficient (Wildman–Crippen LogP) is 7.63. The van der Waals surface area contributed by atoms with E-state index in [0.717, 1.165) is 71.1 Å². The van der Waals surface area contributed by atoms with Gasteiger partial charge in [-0.15, -0.1) is 24.5 Å². The number of ether oxygens (including phenoxy) is 2. The second-order valence-corrected chi connectivity index (χ2v) is 16.1. The Bertz CT molecular complexity index is 1970. The van der Waals surface area contributed by atoms with Crippen molar-refractivity contribution in [2.24, 2.45) is 0 Å². The van der Waals surface area contributed by atoms with Gasteiger partial charge in [-0.1, -0.05) is 80.0 Å². The highest BCUT2D eigenvalue weighted by Gasteiger charge is 2.41. The Balaban J connectivity index is 1.27. The van der Waals surface area contributed by atoms with Crippen LogP contribution in [0.25, 0.3) is 0 Å². The van der Waals surface area contributed by atoms with Gasteiger partial charge in [0.25, 0.3) is 0 Å². The molecule has 11 nitrogen and oxygen atoms in total. The largest absolute Gasteiger partial charge is 0.573 e. The number of carbonyl (C=O) groups is 2. The minimum absolute atomic E-state index is 0.0157. The molecule has 16 heteroatoms. The molecule has 2 amide bonds. The van der Waals surface area contributed by atoms with Crippen molar-refractivity contribution in [1.82, 2.24) is 19.5 Å². The van der Waals surface area contributed by atoms with Crippen LogP contribution in [0.2, 0.25) is 0 Å². The van der Waals surface area contributed by atoms with E-state index in [-0.39, 0.29) is 37.7 Å². The van der Waals surface area contributed by atoms with Crippen LogP contribution in [0.15, 0.2) is 100 Å². The number of anilines is 1. The van der Waals surface area contributed by atoms with Crippen LogP contribution in [0.5, 0.6) is 5.75 Å². The predicted molar refractivity (Wildman–Crippen MR) is 210 cm³/mol. The first kappa shape index (κ1) is 42.5. The fraction of sp³-hybridized carbons (Fsp3) is 0.425. The van der Waals surface area contributed by atoms with Gasteiger partial charge in [0.1, 0.15) is 18.4 Å². The molecule has 0 radical (unpaired) electrons. The maximum absolute atomic E-state index is 14.0. The molecule has 5 rings (SSSR count). The van der Waals surface area contributed by atoms with Crippen LogP contribution in [-0.2, 0) is 32.6 Å². The van der Waals surface area contributed by atoms with Gasteiger partial charge in [0.2, 0.25) is 15.9 Å². The summed E-state index contributed by atoms with van der Waals surface area (Å²) in [4.78, 5) is 34.7. The Labute approximate surface area is 330 Å². The molecule has 0 spiro atoms. The van der Waals surface area contributed by atoms with Gasteiger partial charge in [-0.2, -0.15) is 4.31 Å². The Morgan fingerprint density at radius 2 is 1.71 bits per heavy atom. The quantitative estimate of drug-likeness (QED) is 0.138. The zero-order valence-electron chi connectivity index (χ0n) is 31.5. The molecule has 2 aliphatic rings. The monoisotopic (exact) mass is 815 g/mol. The van der Waals surface area contributed by atoms with E-state index in [4.69, 9.17) is 9.72 Å². The number of thiazole rings is 1. The fourth-order valence-electron chi connectivity index (χ4n) is 6.30. The van der Waals surface area contributed by atoms with Crippen LogP contribution < -0.4 is 15.0 Å². The summed E-state index contributed by atoms with van der Waals surface area (Å²) in [5.74, 6) is -1.08. The first-order chi connectivity index (χ1) is 26.9. The molecular formula is C40H48F3N5O6S2. The zero-order valence-corrected chi connectivity index (χ0v) is 33.2. The Kier molecular flexibility index (Phi) is 15.1. The van der Waals surface area contributed by atoms with Crippen LogP contribution in [-0.4, -0.2) is 86.3 Å². The molecule has 1 fully saturated rings. The molecule has 3 aromatic rings. The summed E-state index contributed by atoms with van der Waals surface area (Å²) in [5, 5.41) is 5.39. The lowest BCUT2D eigenvalue weighted by molar-refractivity contribution is -0.274. The molecule has 1 aliphatic heterocycles. The zero-order chi connectivity index (χ0) is 40.1. The van der Waals surface area contributed by atoms with E-state index in [1.165, 1.54) is 16.9 Å². The molecule has 1 N–H and O–H groups in total. The maximum Gasteiger partial charge on any atom is 0.573 e. The average molecular weight is 816 g/mol. The van der Waals surface area contributed by atoms with Crippen LogP contribution in [0.4, 0.5) is 23.1 Å². The van der Waals surface area contributed by atoms with Gasteiger partial charge in [0.15, 0.2) is 5.13 Å². The number of allylic oxidation sites excluding steroid dienone is 4. The van der Waals surface area contributed by atoms with Crippen molar-refractivity contribution >= 4 is 38.5 Å². The molecule has 0 unspecified atom stereocenters. The number of halogens is 3. The van der Waals surface area contributed by atoms with Crippen molar-refractivity contribution in [2.75, 3.05) is 44.2 Å². The molecule has 1 aromatic heterocycles. The third-order valence-corrected chi connectivity index (χ3v) is 12.3. The molecule has 1 atom stereocenters. The summed E-state index contributed by atoms with van der Waals surface area (Å²) in [6.07, 6.45) is 8.36. The van der Waals surface area contributed by atoms with E-state index >= 15 is 0 Å². The summed E-state index contributed by atoms with van der Waals surface area (Å²) in [5.41, 5.74) is 3.73. The number of hydrogen-bond donors (Lipinski definition) is 1. The van der Waals surface area contributed by atoms with E-state index in [2.05, 4.69) is 29.1 Å². The number of nitrogens with zero attached hydrogens (tertiary/aromatic N) is 4. The lowest BCUT2D eigenvalue weighted by Gasteiger charge is -2.39. The third kappa shape index (κ3) is 12.2. The lowest BCUT2D eigenvalue weighted by atomic mass is 10.1. The third-order valence-electron chi connectivity index (χ3n) is 9.40. The number of hydrogen-bond acceptors (Lipinski definition) is 9. The van der Waals surface area contributed by atoms with Gasteiger partial charge in [-0.25, -0.2) is 18.2 Å². The lowest BCUT2D eigenvalue weighted by Crippen LogP contribution is -2.60. The van der Waals surface area contributed by atoms with Crippen LogP contribution in [0.3, 0.4) is 0 Å². The molecule has 1 aliphatic carbocycles. The number of aromatic nitrogens is 1. The average Bonchev–Trinajstić information content (AvgIpc) is 3.55. The summed E-state index contributed by atoms with van der Waals surface area (Å²) >= 11 is 1.35. The molecular weight excluding hydrogens is 768 g/mol. The maximum atomic E-state index is 14.0. The summed E-state index contributed by atoms with van der Waals surface area (Å²) < 4.78 is 76.8. The van der Waals surface area contributed by atoms with Gasteiger partial charge >= 0.3 is 12.5 Å². The van der Waals surface area contributed by atoms with Gasteiger partial charge < -0.3 is 24.6 Å². The number of alkyl halides is 3. The molecule has 302 valence electrons. The number of piperazine rings is 1. The van der Waals surface area contributed by atoms with Crippen molar-refractivity contribution in [1.29, 1.82) is 0 Å². The Morgan fingerprint density at radius 1 is 0.982 bits per heavy atom.